The molecule has 0 aliphatic heterocycles. The lowest BCUT2D eigenvalue weighted by Gasteiger charge is -2.05. The number of hydrogen-bond acceptors (Lipinski definition) is 7. The molecule has 0 radical (unpaired) electrons. The van der Waals surface area contributed by atoms with Crippen molar-refractivity contribution in [2.75, 3.05) is 22.3 Å². The predicted molar refractivity (Wildman–Crippen MR) is 86.5 cm³/mol. The van der Waals surface area contributed by atoms with Crippen molar-refractivity contribution in [1.82, 2.24) is 14.9 Å². The smallest absolute Gasteiger partial charge is 0.258 e. The zero-order chi connectivity index (χ0) is 14.5. The Bertz CT molecular complexity index is 600. The molecule has 1 aromatic carbocycles. The van der Waals surface area contributed by atoms with E-state index in [1.54, 1.807) is 0 Å². The summed E-state index contributed by atoms with van der Waals surface area (Å²) in [4.78, 5) is 11.8. The molecule has 0 saturated heterocycles. The molecule has 1 heterocycles. The van der Waals surface area contributed by atoms with E-state index in [1.165, 1.54) is 16.4 Å². The molecule has 8 nitrogen and oxygen atoms in total. The first kappa shape index (κ1) is 14.9. The average Bonchev–Trinajstić information content (AvgIpc) is 2.79. The molecule has 0 saturated carbocycles. The van der Waals surface area contributed by atoms with Gasteiger partial charge in [-0.1, -0.05) is 11.8 Å². The second-order valence-corrected chi connectivity index (χ2v) is 5.85. The topological polar surface area (TPSA) is 124 Å². The number of aromatic nitrogens is 3. The van der Waals surface area contributed by atoms with Gasteiger partial charge in [0, 0.05) is 9.26 Å². The Labute approximate surface area is 132 Å². The van der Waals surface area contributed by atoms with Gasteiger partial charge in [0.25, 0.3) is 5.95 Å². The van der Waals surface area contributed by atoms with Crippen LogP contribution < -0.4 is 22.4 Å². The van der Waals surface area contributed by atoms with Crippen LogP contribution in [-0.4, -0.2) is 26.5 Å². The first-order valence-corrected chi connectivity index (χ1v) is 7.52. The quantitative estimate of drug-likeness (QED) is 0.249. The summed E-state index contributed by atoms with van der Waals surface area (Å²) in [6.45, 7) is 0. The number of nitrogen functional groups attached to an aromatic ring is 2. The van der Waals surface area contributed by atoms with Crippen molar-refractivity contribution < 1.29 is 4.79 Å². The molecule has 0 aliphatic rings. The highest BCUT2D eigenvalue weighted by molar-refractivity contribution is 14.1. The van der Waals surface area contributed by atoms with E-state index in [2.05, 4.69) is 43.5 Å². The molecule has 20 heavy (non-hydrogen) atoms. The lowest BCUT2D eigenvalue weighted by atomic mass is 10.3. The largest absolute Gasteiger partial charge is 0.334 e. The summed E-state index contributed by atoms with van der Waals surface area (Å²) in [5, 5.41) is 10.7. The second-order valence-electron chi connectivity index (χ2n) is 3.66. The summed E-state index contributed by atoms with van der Waals surface area (Å²) in [6.07, 6.45) is 0. The number of nitrogens with one attached hydrogen (secondary N) is 2. The molecule has 0 bridgehead atoms. The molecule has 0 fully saturated rings. The first-order valence-electron chi connectivity index (χ1n) is 5.45. The number of carbonyl (C=O) groups excluding carboxylic acids is 1. The Kier molecular flexibility index (Phi) is 5.03. The van der Waals surface area contributed by atoms with Gasteiger partial charge in [0.2, 0.25) is 11.1 Å². The fourth-order valence-corrected chi connectivity index (χ4v) is 2.35. The van der Waals surface area contributed by atoms with Gasteiger partial charge in [-0.2, -0.15) is 0 Å². The van der Waals surface area contributed by atoms with Crippen LogP contribution in [0.2, 0.25) is 0 Å². The molecule has 2 rings (SSSR count). The first-order chi connectivity index (χ1) is 9.60. The maximum absolute atomic E-state index is 11.8. The number of hydrogen-bond donors (Lipinski definition) is 4. The van der Waals surface area contributed by atoms with Gasteiger partial charge in [-0.15, -0.1) is 10.2 Å². The van der Waals surface area contributed by atoms with Crippen molar-refractivity contribution in [2.24, 2.45) is 5.84 Å². The lowest BCUT2D eigenvalue weighted by molar-refractivity contribution is -0.113. The number of rotatable bonds is 5. The van der Waals surface area contributed by atoms with Gasteiger partial charge in [-0.3, -0.25) is 10.2 Å². The van der Waals surface area contributed by atoms with Gasteiger partial charge in [0.1, 0.15) is 0 Å². The van der Waals surface area contributed by atoms with Gasteiger partial charge in [-0.05, 0) is 46.9 Å². The molecule has 1 amide bonds. The molecule has 0 unspecified atom stereocenters. The van der Waals surface area contributed by atoms with Crippen molar-refractivity contribution in [3.05, 3.63) is 27.8 Å². The van der Waals surface area contributed by atoms with Crippen LogP contribution in [0.5, 0.6) is 0 Å². The number of thioether (sulfide) groups is 1. The Morgan fingerprint density at radius 3 is 2.65 bits per heavy atom. The van der Waals surface area contributed by atoms with E-state index in [0.29, 0.717) is 5.16 Å². The van der Waals surface area contributed by atoms with Crippen LogP contribution in [-0.2, 0) is 4.79 Å². The summed E-state index contributed by atoms with van der Waals surface area (Å²) in [5.74, 6) is 11.1. The predicted octanol–water partition coefficient (Wildman–Crippen LogP) is 0.613. The van der Waals surface area contributed by atoms with Crippen molar-refractivity contribution in [3.8, 4) is 0 Å². The number of nitrogens with two attached hydrogens (primary N) is 2. The normalized spacial score (nSPS) is 10.3. The third kappa shape index (κ3) is 3.74. The van der Waals surface area contributed by atoms with E-state index in [4.69, 9.17) is 11.7 Å². The van der Waals surface area contributed by atoms with E-state index in [-0.39, 0.29) is 17.6 Å². The van der Waals surface area contributed by atoms with Gasteiger partial charge in [0.05, 0.1) is 5.75 Å². The van der Waals surface area contributed by atoms with Crippen LogP contribution in [0.3, 0.4) is 0 Å². The Hall–Kier alpha value is -1.53. The molecule has 0 atom stereocenters. The Balaban J connectivity index is 1.88. The molecule has 1 aromatic heterocycles. The monoisotopic (exact) mass is 405 g/mol. The van der Waals surface area contributed by atoms with Crippen molar-refractivity contribution >= 4 is 51.9 Å². The van der Waals surface area contributed by atoms with E-state index in [0.717, 1.165) is 9.26 Å². The van der Waals surface area contributed by atoms with Gasteiger partial charge < -0.3 is 11.2 Å². The van der Waals surface area contributed by atoms with Crippen molar-refractivity contribution in [3.63, 3.8) is 0 Å². The summed E-state index contributed by atoms with van der Waals surface area (Å²) in [7, 11) is 0. The number of nitrogens with zero attached hydrogens (tertiary/aromatic N) is 3. The van der Waals surface area contributed by atoms with Crippen LogP contribution in [0.1, 0.15) is 0 Å². The molecular formula is C10H12IN7OS. The molecular weight excluding hydrogens is 393 g/mol. The van der Waals surface area contributed by atoms with E-state index in [1.807, 2.05) is 24.3 Å². The van der Waals surface area contributed by atoms with Crippen molar-refractivity contribution in [2.45, 2.75) is 5.16 Å². The maximum Gasteiger partial charge on any atom is 0.258 e. The zero-order valence-electron chi connectivity index (χ0n) is 10.2. The molecule has 6 N–H and O–H groups in total. The third-order valence-electron chi connectivity index (χ3n) is 2.25. The van der Waals surface area contributed by atoms with Crippen molar-refractivity contribution in [1.29, 1.82) is 0 Å². The van der Waals surface area contributed by atoms with E-state index < -0.39 is 0 Å². The number of halogens is 1. The van der Waals surface area contributed by atoms with E-state index >= 15 is 0 Å². The molecule has 0 aliphatic carbocycles. The third-order valence-corrected chi connectivity index (χ3v) is 3.92. The number of anilines is 2. The van der Waals surface area contributed by atoms with Crippen LogP contribution in [0, 0.1) is 3.57 Å². The summed E-state index contributed by atoms with van der Waals surface area (Å²) >= 11 is 3.37. The standard InChI is InChI=1S/C10H12IN7OS/c11-6-1-3-7(4-2-6)14-8(19)5-20-10-17-16-9(15-12)18(10)13/h1-4H,5,12-13H2,(H,14,19)(H,15,16). The van der Waals surface area contributed by atoms with Crippen LogP contribution in [0.25, 0.3) is 0 Å². The van der Waals surface area contributed by atoms with Crippen LogP contribution in [0.4, 0.5) is 11.6 Å². The average molecular weight is 405 g/mol. The van der Waals surface area contributed by atoms with Gasteiger partial charge in [0.15, 0.2) is 0 Å². The summed E-state index contributed by atoms with van der Waals surface area (Å²) in [6, 6.07) is 7.51. The second kappa shape index (κ2) is 6.76. The van der Waals surface area contributed by atoms with Gasteiger partial charge in [-0.25, -0.2) is 10.5 Å². The number of amides is 1. The molecule has 10 heteroatoms. The van der Waals surface area contributed by atoms with E-state index in [9.17, 15) is 4.79 Å². The lowest BCUT2D eigenvalue weighted by Crippen LogP contribution is -2.19. The number of hydrazine groups is 1. The fourth-order valence-electron chi connectivity index (χ4n) is 1.33. The molecule has 106 valence electrons. The minimum absolute atomic E-state index is 0.151. The molecule has 2 aromatic rings. The summed E-state index contributed by atoms with van der Waals surface area (Å²) in [5.41, 5.74) is 3.04. The fraction of sp³-hybridized carbons (Fsp3) is 0.100. The zero-order valence-corrected chi connectivity index (χ0v) is 13.2. The number of benzene rings is 1. The SMILES string of the molecule is NNc1nnc(SCC(=O)Nc2ccc(I)cc2)n1N. The molecule has 0 spiro atoms. The minimum atomic E-state index is -0.151. The summed E-state index contributed by atoms with van der Waals surface area (Å²) < 4.78 is 2.29. The van der Waals surface area contributed by atoms with Gasteiger partial charge >= 0.3 is 0 Å². The van der Waals surface area contributed by atoms with Crippen LogP contribution in [0.15, 0.2) is 29.4 Å². The highest BCUT2D eigenvalue weighted by Gasteiger charge is 2.11. The highest BCUT2D eigenvalue weighted by Crippen LogP contribution is 2.17. The van der Waals surface area contributed by atoms with Crippen LogP contribution >= 0.6 is 34.4 Å². The minimum Gasteiger partial charge on any atom is -0.334 e. The Morgan fingerprint density at radius 1 is 1.35 bits per heavy atom. The number of carbonyl (C=O) groups is 1. The highest BCUT2D eigenvalue weighted by atomic mass is 127. The Morgan fingerprint density at radius 2 is 2.05 bits per heavy atom. The maximum atomic E-state index is 11.8.